The highest BCUT2D eigenvalue weighted by Gasteiger charge is 2.33. The summed E-state index contributed by atoms with van der Waals surface area (Å²) in [5.41, 5.74) is 8.12. The van der Waals surface area contributed by atoms with Crippen LogP contribution in [0.15, 0.2) is 72.9 Å². The largest absolute Gasteiger partial charge is 0.573 e. The predicted molar refractivity (Wildman–Crippen MR) is 121 cm³/mol. The lowest BCUT2D eigenvalue weighted by molar-refractivity contribution is -0.274. The molecule has 0 saturated heterocycles. The Morgan fingerprint density at radius 1 is 1.03 bits per heavy atom. The second-order valence-corrected chi connectivity index (χ2v) is 7.74. The normalized spacial score (nSPS) is 12.5. The first-order chi connectivity index (χ1) is 16.2. The number of fused-ring (bicyclic) bond motifs is 1. The van der Waals surface area contributed by atoms with Gasteiger partial charge in [0.25, 0.3) is 5.91 Å². The Hall–Kier alpha value is -3.85. The third-order valence-electron chi connectivity index (χ3n) is 5.37. The van der Waals surface area contributed by atoms with Gasteiger partial charge in [0, 0.05) is 29.7 Å². The average molecular weight is 471 g/mol. The Morgan fingerprint density at radius 3 is 2.53 bits per heavy atom. The summed E-state index contributed by atoms with van der Waals surface area (Å²) in [6.07, 6.45) is -2.82. The van der Waals surface area contributed by atoms with E-state index in [4.69, 9.17) is 5.73 Å². The molecule has 176 valence electrons. The molecule has 0 fully saturated rings. The highest BCUT2D eigenvalue weighted by Crippen LogP contribution is 2.31. The van der Waals surface area contributed by atoms with Gasteiger partial charge in [-0.1, -0.05) is 36.4 Å². The number of ether oxygens (including phenoxy) is 1. The summed E-state index contributed by atoms with van der Waals surface area (Å²) in [6, 6.07) is 16.2. The van der Waals surface area contributed by atoms with E-state index in [2.05, 4.69) is 15.0 Å². The molecule has 5 nitrogen and oxygen atoms in total. The summed E-state index contributed by atoms with van der Waals surface area (Å²) < 4.78 is 56.6. The van der Waals surface area contributed by atoms with E-state index in [-0.39, 0.29) is 12.1 Å². The molecule has 0 bridgehead atoms. The summed E-state index contributed by atoms with van der Waals surface area (Å²) in [5.74, 6) is -1.96. The summed E-state index contributed by atoms with van der Waals surface area (Å²) in [6.45, 7) is 0.0598. The second-order valence-electron chi connectivity index (χ2n) is 7.74. The smallest absolute Gasteiger partial charge is 0.405 e. The van der Waals surface area contributed by atoms with E-state index in [1.54, 1.807) is 6.07 Å². The summed E-state index contributed by atoms with van der Waals surface area (Å²) in [7, 11) is 0. The van der Waals surface area contributed by atoms with Gasteiger partial charge in [-0.3, -0.25) is 4.79 Å². The Morgan fingerprint density at radius 2 is 1.79 bits per heavy atom. The minimum atomic E-state index is -4.99. The molecule has 1 heterocycles. The molecule has 1 amide bonds. The fraction of sp³-hybridized carbons (Fsp3) is 0.160. The van der Waals surface area contributed by atoms with Crippen molar-refractivity contribution in [1.29, 1.82) is 0 Å². The van der Waals surface area contributed by atoms with Gasteiger partial charge in [0.2, 0.25) is 0 Å². The number of para-hydroxylation sites is 1. The van der Waals surface area contributed by atoms with E-state index in [1.807, 2.05) is 30.5 Å². The topological polar surface area (TPSA) is 80.1 Å². The molecular formula is C25H21F4N3O2. The molecule has 0 aliphatic carbocycles. The van der Waals surface area contributed by atoms with E-state index in [0.717, 1.165) is 22.5 Å². The summed E-state index contributed by atoms with van der Waals surface area (Å²) >= 11 is 0. The molecule has 34 heavy (non-hydrogen) atoms. The van der Waals surface area contributed by atoms with Gasteiger partial charge >= 0.3 is 6.36 Å². The van der Waals surface area contributed by atoms with Crippen LogP contribution in [0.25, 0.3) is 22.0 Å². The monoisotopic (exact) mass is 471 g/mol. The number of alkyl halides is 3. The number of aromatic amines is 1. The van der Waals surface area contributed by atoms with Gasteiger partial charge in [0.05, 0.1) is 5.56 Å². The zero-order chi connectivity index (χ0) is 24.3. The van der Waals surface area contributed by atoms with Crippen LogP contribution in [0.2, 0.25) is 0 Å². The maximum atomic E-state index is 13.7. The minimum Gasteiger partial charge on any atom is -0.405 e. The average Bonchev–Trinajstić information content (AvgIpc) is 3.20. The number of carbonyl (C=O) groups excluding carboxylic acids is 1. The molecule has 9 heteroatoms. The molecule has 0 radical (unpaired) electrons. The highest BCUT2D eigenvalue weighted by molar-refractivity contribution is 5.98. The van der Waals surface area contributed by atoms with Crippen molar-refractivity contribution < 1.29 is 27.1 Å². The Labute approximate surface area is 192 Å². The minimum absolute atomic E-state index is 0.0598. The molecule has 4 rings (SSSR count). The maximum absolute atomic E-state index is 13.7. The molecule has 0 aliphatic rings. The van der Waals surface area contributed by atoms with Crippen LogP contribution < -0.4 is 15.8 Å². The molecule has 0 saturated carbocycles. The number of H-pyrrole nitrogens is 1. The van der Waals surface area contributed by atoms with Crippen molar-refractivity contribution in [3.63, 3.8) is 0 Å². The van der Waals surface area contributed by atoms with E-state index >= 15 is 0 Å². The summed E-state index contributed by atoms with van der Waals surface area (Å²) in [4.78, 5) is 16.2. The molecule has 0 spiro atoms. The second kappa shape index (κ2) is 9.56. The van der Waals surface area contributed by atoms with Crippen molar-refractivity contribution in [1.82, 2.24) is 10.3 Å². The number of carbonyl (C=O) groups is 1. The molecular weight excluding hydrogens is 450 g/mol. The number of nitrogens with two attached hydrogens (primary N) is 1. The lowest BCUT2D eigenvalue weighted by atomic mass is 10.0. The number of hydrogen-bond acceptors (Lipinski definition) is 3. The number of benzene rings is 3. The quantitative estimate of drug-likeness (QED) is 0.325. The SMILES string of the molecule is NCC(Cc1c[nH]c2ccccc12)NC(=O)c1cc(-c2cccc(F)c2)ccc1OC(F)(F)F. The number of hydrogen-bond donors (Lipinski definition) is 3. The van der Waals surface area contributed by atoms with Crippen LogP contribution in [0.5, 0.6) is 5.75 Å². The molecule has 4 N–H and O–H groups in total. The van der Waals surface area contributed by atoms with Crippen molar-refractivity contribution in [3.05, 3.63) is 89.9 Å². The van der Waals surface area contributed by atoms with Gasteiger partial charge in [-0.25, -0.2) is 4.39 Å². The highest BCUT2D eigenvalue weighted by atomic mass is 19.4. The summed E-state index contributed by atoms with van der Waals surface area (Å²) in [5, 5.41) is 3.67. The predicted octanol–water partition coefficient (Wildman–Crippen LogP) is 5.17. The van der Waals surface area contributed by atoms with Crippen molar-refractivity contribution in [2.75, 3.05) is 6.54 Å². The van der Waals surface area contributed by atoms with Gasteiger partial charge in [0.15, 0.2) is 0 Å². The number of rotatable bonds is 7. The van der Waals surface area contributed by atoms with Gasteiger partial charge in [-0.2, -0.15) is 0 Å². The molecule has 1 atom stereocenters. The van der Waals surface area contributed by atoms with Crippen molar-refractivity contribution in [3.8, 4) is 16.9 Å². The van der Waals surface area contributed by atoms with Crippen LogP contribution in [0, 0.1) is 5.82 Å². The number of aromatic nitrogens is 1. The first-order valence-corrected chi connectivity index (χ1v) is 10.4. The van der Waals surface area contributed by atoms with Crippen LogP contribution in [0.4, 0.5) is 17.6 Å². The lowest BCUT2D eigenvalue weighted by Gasteiger charge is -2.19. The van der Waals surface area contributed by atoms with Gasteiger partial charge in [0.1, 0.15) is 11.6 Å². The van der Waals surface area contributed by atoms with Crippen LogP contribution >= 0.6 is 0 Å². The maximum Gasteiger partial charge on any atom is 0.573 e. The van der Waals surface area contributed by atoms with Crippen LogP contribution in [-0.4, -0.2) is 29.8 Å². The third-order valence-corrected chi connectivity index (χ3v) is 5.37. The number of nitrogens with one attached hydrogen (secondary N) is 2. The third kappa shape index (κ3) is 5.37. The van der Waals surface area contributed by atoms with Gasteiger partial charge in [-0.05, 0) is 53.4 Å². The van der Waals surface area contributed by atoms with E-state index in [1.165, 1.54) is 30.3 Å². The standard InChI is InChI=1S/C25H21F4N3O2/c26-18-5-3-4-15(10-18)16-8-9-23(34-25(27,28)29)21(12-16)24(33)32-19(13-30)11-17-14-31-22-7-2-1-6-20(17)22/h1-10,12,14,19,31H,11,13,30H2,(H,32,33). The molecule has 3 aromatic carbocycles. The van der Waals surface area contributed by atoms with E-state index in [9.17, 15) is 22.4 Å². The van der Waals surface area contributed by atoms with Crippen molar-refractivity contribution in [2.24, 2.45) is 5.73 Å². The van der Waals surface area contributed by atoms with Gasteiger partial charge < -0.3 is 20.8 Å². The van der Waals surface area contributed by atoms with Crippen molar-refractivity contribution >= 4 is 16.8 Å². The zero-order valence-electron chi connectivity index (χ0n) is 17.8. The molecule has 1 unspecified atom stereocenters. The van der Waals surface area contributed by atoms with Crippen LogP contribution in [0.3, 0.4) is 0 Å². The Bertz CT molecular complexity index is 1320. The first-order valence-electron chi connectivity index (χ1n) is 10.4. The lowest BCUT2D eigenvalue weighted by Crippen LogP contribution is -2.42. The molecule has 1 aromatic heterocycles. The first kappa shape index (κ1) is 23.3. The Balaban J connectivity index is 1.63. The van der Waals surface area contributed by atoms with Crippen LogP contribution in [0.1, 0.15) is 15.9 Å². The fourth-order valence-electron chi connectivity index (χ4n) is 3.79. The molecule has 0 aliphatic heterocycles. The Kier molecular flexibility index (Phi) is 6.56. The van der Waals surface area contributed by atoms with E-state index < -0.39 is 29.9 Å². The fourth-order valence-corrected chi connectivity index (χ4v) is 3.79. The van der Waals surface area contributed by atoms with E-state index in [0.29, 0.717) is 17.5 Å². The van der Waals surface area contributed by atoms with Gasteiger partial charge in [-0.15, -0.1) is 13.2 Å². The molecule has 4 aromatic rings. The number of amides is 1. The van der Waals surface area contributed by atoms with Crippen molar-refractivity contribution in [2.45, 2.75) is 18.8 Å². The zero-order valence-corrected chi connectivity index (χ0v) is 17.8. The number of halogens is 4. The van der Waals surface area contributed by atoms with Crippen LogP contribution in [-0.2, 0) is 6.42 Å².